The van der Waals surface area contributed by atoms with Gasteiger partial charge in [0.2, 0.25) is 11.8 Å². The molecule has 0 spiro atoms. The Hall–Kier alpha value is -3.22. The first-order chi connectivity index (χ1) is 11.9. The van der Waals surface area contributed by atoms with Crippen LogP contribution in [0, 0.1) is 19.7 Å². The first kappa shape index (κ1) is 18.1. The molecule has 130 valence electrons. The van der Waals surface area contributed by atoms with Crippen molar-refractivity contribution < 1.29 is 19.1 Å². The summed E-state index contributed by atoms with van der Waals surface area (Å²) in [6, 6.07) is 9.11. The highest BCUT2D eigenvalue weighted by Crippen LogP contribution is 2.21. The molecule has 0 aliphatic heterocycles. The Morgan fingerprint density at radius 2 is 1.80 bits per heavy atom. The lowest BCUT2D eigenvalue weighted by Gasteiger charge is -2.06. The molecule has 25 heavy (non-hydrogen) atoms. The molecule has 0 unspecified atom stereocenters. The number of phenols is 1. The van der Waals surface area contributed by atoms with Crippen LogP contribution in [0.2, 0.25) is 0 Å². The number of rotatable bonds is 5. The van der Waals surface area contributed by atoms with Crippen LogP contribution in [0.1, 0.15) is 23.1 Å². The Bertz CT molecular complexity index is 811. The van der Waals surface area contributed by atoms with E-state index in [1.54, 1.807) is 32.0 Å². The van der Waals surface area contributed by atoms with E-state index in [4.69, 9.17) is 0 Å². The minimum absolute atomic E-state index is 0.0128. The molecule has 0 aliphatic rings. The second kappa shape index (κ2) is 8.05. The number of anilines is 1. The number of aromatic hydroxyl groups is 1. The highest BCUT2D eigenvalue weighted by atomic mass is 19.1. The molecule has 0 bridgehead atoms. The van der Waals surface area contributed by atoms with E-state index in [0.29, 0.717) is 16.7 Å². The largest absolute Gasteiger partial charge is 0.507 e. The third-order valence-electron chi connectivity index (χ3n) is 3.39. The highest BCUT2D eigenvalue weighted by molar-refractivity contribution is 6.03. The van der Waals surface area contributed by atoms with Crippen LogP contribution in [0.15, 0.2) is 41.5 Å². The van der Waals surface area contributed by atoms with Crippen LogP contribution in [-0.2, 0) is 9.59 Å². The van der Waals surface area contributed by atoms with E-state index >= 15 is 0 Å². The summed E-state index contributed by atoms with van der Waals surface area (Å²) in [6.07, 6.45) is 0.922. The Morgan fingerprint density at radius 1 is 1.16 bits per heavy atom. The van der Waals surface area contributed by atoms with E-state index in [2.05, 4.69) is 15.8 Å². The number of hydrogen-bond donors (Lipinski definition) is 3. The maximum Gasteiger partial charge on any atom is 0.249 e. The molecule has 0 atom stereocenters. The number of halogens is 1. The summed E-state index contributed by atoms with van der Waals surface area (Å²) in [5, 5.41) is 15.8. The molecule has 2 aromatic carbocycles. The number of benzene rings is 2. The summed E-state index contributed by atoms with van der Waals surface area (Å²) in [5.74, 6) is -1.63. The van der Waals surface area contributed by atoms with Gasteiger partial charge < -0.3 is 10.4 Å². The third-order valence-corrected chi connectivity index (χ3v) is 3.39. The smallest absolute Gasteiger partial charge is 0.249 e. The zero-order valence-corrected chi connectivity index (χ0v) is 13.8. The van der Waals surface area contributed by atoms with Crippen molar-refractivity contribution in [1.82, 2.24) is 5.43 Å². The number of carbonyl (C=O) groups excluding carboxylic acids is 2. The van der Waals surface area contributed by atoms with E-state index < -0.39 is 24.1 Å². The van der Waals surface area contributed by atoms with Crippen LogP contribution >= 0.6 is 0 Å². The van der Waals surface area contributed by atoms with Crippen molar-refractivity contribution in [2.24, 2.45) is 5.10 Å². The number of hydrogen-bond acceptors (Lipinski definition) is 4. The summed E-state index contributed by atoms with van der Waals surface area (Å²) in [5.41, 5.74) is 4.32. The lowest BCUT2D eigenvalue weighted by Crippen LogP contribution is -2.24. The van der Waals surface area contributed by atoms with Gasteiger partial charge in [-0.2, -0.15) is 5.10 Å². The van der Waals surface area contributed by atoms with Crippen molar-refractivity contribution >= 4 is 23.7 Å². The van der Waals surface area contributed by atoms with Crippen molar-refractivity contribution in [3.8, 4) is 5.75 Å². The Kier molecular flexibility index (Phi) is 5.84. The van der Waals surface area contributed by atoms with Gasteiger partial charge >= 0.3 is 0 Å². The summed E-state index contributed by atoms with van der Waals surface area (Å²) in [4.78, 5) is 23.4. The normalized spacial score (nSPS) is 10.7. The van der Waals surface area contributed by atoms with Crippen molar-refractivity contribution in [2.75, 3.05) is 5.32 Å². The van der Waals surface area contributed by atoms with E-state index in [9.17, 15) is 19.1 Å². The average Bonchev–Trinajstić information content (AvgIpc) is 2.54. The molecule has 0 aromatic heterocycles. The number of hydrazone groups is 1. The maximum atomic E-state index is 13.4. The van der Waals surface area contributed by atoms with E-state index in [-0.39, 0.29) is 11.4 Å². The molecule has 0 radical (unpaired) electrons. The van der Waals surface area contributed by atoms with Gasteiger partial charge in [-0.3, -0.25) is 9.59 Å². The van der Waals surface area contributed by atoms with Crippen molar-refractivity contribution in [1.29, 1.82) is 0 Å². The van der Waals surface area contributed by atoms with Gasteiger partial charge in [-0.15, -0.1) is 0 Å². The zero-order valence-electron chi connectivity index (χ0n) is 13.8. The van der Waals surface area contributed by atoms with Crippen molar-refractivity contribution in [2.45, 2.75) is 20.3 Å². The topological polar surface area (TPSA) is 90.8 Å². The molecule has 7 heteroatoms. The fourth-order valence-electron chi connectivity index (χ4n) is 2.19. The molecule has 0 aliphatic carbocycles. The van der Waals surface area contributed by atoms with Crippen LogP contribution in [0.5, 0.6) is 5.75 Å². The fraction of sp³-hybridized carbons (Fsp3) is 0.167. The lowest BCUT2D eigenvalue weighted by molar-refractivity contribution is -0.126. The molecule has 0 saturated carbocycles. The van der Waals surface area contributed by atoms with E-state index in [1.165, 1.54) is 24.4 Å². The maximum absolute atomic E-state index is 13.4. The van der Waals surface area contributed by atoms with Gasteiger partial charge in [0, 0.05) is 0 Å². The Labute approximate surface area is 144 Å². The summed E-state index contributed by atoms with van der Waals surface area (Å²) in [7, 11) is 0. The minimum atomic E-state index is -0.644. The van der Waals surface area contributed by atoms with Gasteiger partial charge in [0.25, 0.3) is 0 Å². The second-order valence-corrected chi connectivity index (χ2v) is 5.50. The van der Waals surface area contributed by atoms with Crippen LogP contribution < -0.4 is 10.7 Å². The number of carbonyl (C=O) groups is 2. The molecule has 0 saturated heterocycles. The molecular formula is C18H18FN3O3. The van der Waals surface area contributed by atoms with Gasteiger partial charge in [-0.1, -0.05) is 12.1 Å². The lowest BCUT2D eigenvalue weighted by atomic mass is 10.1. The number of nitrogens with one attached hydrogen (secondary N) is 2. The van der Waals surface area contributed by atoms with Crippen molar-refractivity contribution in [3.05, 3.63) is 58.9 Å². The predicted molar refractivity (Wildman–Crippen MR) is 93.0 cm³/mol. The minimum Gasteiger partial charge on any atom is -0.507 e. The molecule has 0 heterocycles. The molecule has 0 fully saturated rings. The van der Waals surface area contributed by atoms with Crippen LogP contribution in [-0.4, -0.2) is 23.1 Å². The zero-order chi connectivity index (χ0) is 18.4. The monoisotopic (exact) mass is 343 g/mol. The number of para-hydroxylation sites is 1. The van der Waals surface area contributed by atoms with Gasteiger partial charge in [-0.25, -0.2) is 9.82 Å². The highest BCUT2D eigenvalue weighted by Gasteiger charge is 2.11. The molecule has 2 rings (SSSR count). The quantitative estimate of drug-likeness (QED) is 0.443. The van der Waals surface area contributed by atoms with Crippen molar-refractivity contribution in [3.63, 3.8) is 0 Å². The van der Waals surface area contributed by atoms with E-state index in [1.807, 2.05) is 0 Å². The molecule has 6 nitrogen and oxygen atoms in total. The van der Waals surface area contributed by atoms with Crippen LogP contribution in [0.4, 0.5) is 10.1 Å². The average molecular weight is 343 g/mol. The van der Waals surface area contributed by atoms with Crippen LogP contribution in [0.3, 0.4) is 0 Å². The SMILES string of the molecule is Cc1cc(/C=N/NC(=O)CC(=O)Nc2ccccc2F)cc(C)c1O. The first-order valence-corrected chi connectivity index (χ1v) is 7.53. The summed E-state index contributed by atoms with van der Waals surface area (Å²) < 4.78 is 13.4. The third kappa shape index (κ3) is 5.13. The Balaban J connectivity index is 1.88. The van der Waals surface area contributed by atoms with Gasteiger partial charge in [0.05, 0.1) is 11.9 Å². The summed E-state index contributed by atoms with van der Waals surface area (Å²) in [6.45, 7) is 3.51. The number of amides is 2. The van der Waals surface area contributed by atoms with E-state index in [0.717, 1.165) is 0 Å². The number of phenolic OH excluding ortho intramolecular Hbond substituents is 1. The van der Waals surface area contributed by atoms with Gasteiger partial charge in [0.15, 0.2) is 0 Å². The molecule has 3 N–H and O–H groups in total. The standard InChI is InChI=1S/C18H18FN3O3/c1-11-7-13(8-12(2)18(11)25)10-20-22-17(24)9-16(23)21-15-6-4-3-5-14(15)19/h3-8,10,25H,9H2,1-2H3,(H,21,23)(H,22,24)/b20-10+. The second-order valence-electron chi connectivity index (χ2n) is 5.50. The first-order valence-electron chi connectivity index (χ1n) is 7.53. The molecule has 2 aromatic rings. The fourth-order valence-corrected chi connectivity index (χ4v) is 2.19. The van der Waals surface area contributed by atoms with Crippen LogP contribution in [0.25, 0.3) is 0 Å². The molecular weight excluding hydrogens is 325 g/mol. The number of nitrogens with zero attached hydrogens (tertiary/aromatic N) is 1. The molecule has 2 amide bonds. The van der Waals surface area contributed by atoms with Gasteiger partial charge in [0.1, 0.15) is 18.0 Å². The Morgan fingerprint density at radius 3 is 2.44 bits per heavy atom. The summed E-state index contributed by atoms with van der Waals surface area (Å²) >= 11 is 0. The number of aryl methyl sites for hydroxylation is 2. The predicted octanol–water partition coefficient (Wildman–Crippen LogP) is 2.63. The van der Waals surface area contributed by atoms with Gasteiger partial charge in [-0.05, 0) is 54.8 Å².